The van der Waals surface area contributed by atoms with Gasteiger partial charge < -0.3 is 14.6 Å². The van der Waals surface area contributed by atoms with Crippen LogP contribution in [0.1, 0.15) is 17.2 Å². The molecule has 0 bridgehead atoms. The smallest absolute Gasteiger partial charge is 0.301 e. The lowest BCUT2D eigenvalue weighted by molar-refractivity contribution is -0.132. The van der Waals surface area contributed by atoms with Crippen LogP contribution in [0.2, 0.25) is 5.02 Å². The van der Waals surface area contributed by atoms with E-state index in [-0.39, 0.29) is 11.3 Å². The van der Waals surface area contributed by atoms with Crippen molar-refractivity contribution in [2.75, 3.05) is 18.6 Å². The number of hydrogen-bond acceptors (Lipinski definition) is 7. The third-order valence-electron chi connectivity index (χ3n) is 5.92. The van der Waals surface area contributed by atoms with E-state index < -0.39 is 17.7 Å². The van der Waals surface area contributed by atoms with Crippen LogP contribution in [0.25, 0.3) is 16.0 Å². The SMILES string of the molecule is C=CCOc1ccc(C2C(=C(O)c3ccc(OC)cc3)C(=O)C(=O)N2c2nc3ccc(Cl)cc3s2)cc1. The zero-order chi connectivity index (χ0) is 26.1. The first-order chi connectivity index (χ1) is 17.9. The van der Waals surface area contributed by atoms with E-state index in [1.54, 1.807) is 72.8 Å². The highest BCUT2D eigenvalue weighted by atomic mass is 35.5. The average molecular weight is 533 g/mol. The minimum Gasteiger partial charge on any atom is -0.507 e. The van der Waals surface area contributed by atoms with Gasteiger partial charge >= 0.3 is 5.91 Å². The molecule has 0 saturated carbocycles. The normalized spacial score (nSPS) is 16.8. The number of benzene rings is 3. The van der Waals surface area contributed by atoms with Crippen molar-refractivity contribution in [2.45, 2.75) is 6.04 Å². The largest absolute Gasteiger partial charge is 0.507 e. The molecular weight excluding hydrogens is 512 g/mol. The van der Waals surface area contributed by atoms with E-state index in [1.807, 2.05) is 0 Å². The summed E-state index contributed by atoms with van der Waals surface area (Å²) in [6, 6.07) is 17.9. The molecule has 37 heavy (non-hydrogen) atoms. The predicted octanol–water partition coefficient (Wildman–Crippen LogP) is 6.15. The molecule has 2 heterocycles. The van der Waals surface area contributed by atoms with E-state index in [2.05, 4.69) is 11.6 Å². The van der Waals surface area contributed by atoms with Crippen LogP contribution in [0.5, 0.6) is 11.5 Å². The molecular formula is C28H21ClN2O5S. The number of methoxy groups -OCH3 is 1. The quantitative estimate of drug-likeness (QED) is 0.133. The molecule has 1 N–H and O–H groups in total. The van der Waals surface area contributed by atoms with Crippen molar-refractivity contribution in [2.24, 2.45) is 0 Å². The highest BCUT2D eigenvalue weighted by Gasteiger charge is 2.48. The Morgan fingerprint density at radius 1 is 1.11 bits per heavy atom. The maximum atomic E-state index is 13.4. The molecule has 1 amide bonds. The number of thiazole rings is 1. The summed E-state index contributed by atoms with van der Waals surface area (Å²) in [6.45, 7) is 3.98. The van der Waals surface area contributed by atoms with Crippen molar-refractivity contribution in [3.05, 3.63) is 101 Å². The fraction of sp³-hybridized carbons (Fsp3) is 0.107. The molecule has 0 radical (unpaired) electrons. The Morgan fingerprint density at radius 3 is 2.49 bits per heavy atom. The molecule has 3 aromatic carbocycles. The number of carbonyl (C=O) groups excluding carboxylic acids is 2. The molecule has 1 aliphatic heterocycles. The van der Waals surface area contributed by atoms with Gasteiger partial charge in [-0.1, -0.05) is 47.7 Å². The van der Waals surface area contributed by atoms with Crippen LogP contribution in [0.15, 0.2) is 85.0 Å². The van der Waals surface area contributed by atoms with Crippen LogP contribution in [-0.2, 0) is 9.59 Å². The first-order valence-electron chi connectivity index (χ1n) is 11.3. The second kappa shape index (κ2) is 10.1. The van der Waals surface area contributed by atoms with E-state index in [1.165, 1.54) is 23.3 Å². The summed E-state index contributed by atoms with van der Waals surface area (Å²) in [4.78, 5) is 32.7. The lowest BCUT2D eigenvalue weighted by Gasteiger charge is -2.23. The van der Waals surface area contributed by atoms with Gasteiger partial charge in [0.2, 0.25) is 0 Å². The summed E-state index contributed by atoms with van der Waals surface area (Å²) in [6.07, 6.45) is 1.64. The van der Waals surface area contributed by atoms with Crippen molar-refractivity contribution < 1.29 is 24.2 Å². The Balaban J connectivity index is 1.66. The number of ketones is 1. The number of halogens is 1. The van der Waals surface area contributed by atoms with Gasteiger partial charge in [0, 0.05) is 10.6 Å². The Morgan fingerprint density at radius 2 is 1.81 bits per heavy atom. The minimum atomic E-state index is -0.911. The van der Waals surface area contributed by atoms with Crippen LogP contribution in [0.4, 0.5) is 5.13 Å². The van der Waals surface area contributed by atoms with Crippen LogP contribution in [0, 0.1) is 0 Å². The maximum absolute atomic E-state index is 13.4. The van der Waals surface area contributed by atoms with E-state index in [9.17, 15) is 14.7 Å². The molecule has 7 nitrogen and oxygen atoms in total. The number of fused-ring (bicyclic) bond motifs is 1. The number of Topliss-reactive ketones (excluding diaryl/α,β-unsaturated/α-hetero) is 1. The van der Waals surface area contributed by atoms with E-state index in [4.69, 9.17) is 21.1 Å². The van der Waals surface area contributed by atoms with Gasteiger partial charge in [0.25, 0.3) is 5.78 Å². The lowest BCUT2D eigenvalue weighted by Crippen LogP contribution is -2.29. The third-order valence-corrected chi connectivity index (χ3v) is 7.17. The Kier molecular flexibility index (Phi) is 6.69. The second-order valence-electron chi connectivity index (χ2n) is 8.17. The summed E-state index contributed by atoms with van der Waals surface area (Å²) >= 11 is 7.39. The molecule has 0 aliphatic carbocycles. The average Bonchev–Trinajstić information content (AvgIpc) is 3.45. The predicted molar refractivity (Wildman–Crippen MR) is 145 cm³/mol. The van der Waals surface area contributed by atoms with Gasteiger partial charge in [-0.15, -0.1) is 0 Å². The van der Waals surface area contributed by atoms with E-state index in [0.29, 0.717) is 44.9 Å². The molecule has 1 saturated heterocycles. The van der Waals surface area contributed by atoms with Crippen molar-refractivity contribution in [3.63, 3.8) is 0 Å². The molecule has 1 aromatic heterocycles. The lowest BCUT2D eigenvalue weighted by atomic mass is 9.95. The summed E-state index contributed by atoms with van der Waals surface area (Å²) in [5, 5.41) is 12.1. The van der Waals surface area contributed by atoms with Gasteiger partial charge in [-0.3, -0.25) is 14.5 Å². The standard InChI is InChI=1S/C28H21ClN2O5S/c1-3-14-36-20-11-4-16(5-12-20)24-23(25(32)17-6-9-19(35-2)10-7-17)26(33)27(34)31(24)28-30-21-13-8-18(29)15-22(21)37-28/h3-13,15,24,32H,1,14H2,2H3. The van der Waals surface area contributed by atoms with Crippen molar-refractivity contribution in [3.8, 4) is 11.5 Å². The number of nitrogens with zero attached hydrogens (tertiary/aromatic N) is 2. The van der Waals surface area contributed by atoms with Gasteiger partial charge in [0.15, 0.2) is 5.13 Å². The first-order valence-corrected chi connectivity index (χ1v) is 12.5. The minimum absolute atomic E-state index is 0.0350. The number of ether oxygens (including phenoxy) is 2. The topological polar surface area (TPSA) is 89.0 Å². The fourth-order valence-electron chi connectivity index (χ4n) is 4.14. The maximum Gasteiger partial charge on any atom is 0.301 e. The highest BCUT2D eigenvalue weighted by molar-refractivity contribution is 7.22. The second-order valence-corrected chi connectivity index (χ2v) is 9.62. The van der Waals surface area contributed by atoms with Crippen molar-refractivity contribution >= 4 is 55.7 Å². The summed E-state index contributed by atoms with van der Waals surface area (Å²) in [5.41, 5.74) is 1.60. The van der Waals surface area contributed by atoms with Crippen LogP contribution in [0.3, 0.4) is 0 Å². The molecule has 4 aromatic rings. The number of aliphatic hydroxyl groups excluding tert-OH is 1. The summed E-state index contributed by atoms with van der Waals surface area (Å²) in [5.74, 6) is -0.674. The summed E-state index contributed by atoms with van der Waals surface area (Å²) < 4.78 is 11.5. The molecule has 1 unspecified atom stereocenters. The molecule has 1 atom stereocenters. The number of hydrogen-bond donors (Lipinski definition) is 1. The third kappa shape index (κ3) is 4.57. The molecule has 9 heteroatoms. The van der Waals surface area contributed by atoms with E-state index in [0.717, 1.165) is 4.70 Å². The molecule has 5 rings (SSSR count). The zero-order valence-electron chi connectivity index (χ0n) is 19.7. The van der Waals surface area contributed by atoms with Crippen LogP contribution in [-0.4, -0.2) is 35.5 Å². The Labute approximate surface area is 221 Å². The molecule has 186 valence electrons. The van der Waals surface area contributed by atoms with Gasteiger partial charge in [0.1, 0.15) is 23.9 Å². The first kappa shape index (κ1) is 24.5. The van der Waals surface area contributed by atoms with Crippen molar-refractivity contribution in [1.82, 2.24) is 4.98 Å². The number of carbonyl (C=O) groups is 2. The zero-order valence-corrected chi connectivity index (χ0v) is 21.3. The highest BCUT2D eigenvalue weighted by Crippen LogP contribution is 2.44. The number of aliphatic hydroxyl groups is 1. The van der Waals surface area contributed by atoms with Crippen LogP contribution >= 0.6 is 22.9 Å². The molecule has 1 fully saturated rings. The van der Waals surface area contributed by atoms with Crippen LogP contribution < -0.4 is 14.4 Å². The molecule has 1 aliphatic rings. The molecule has 0 spiro atoms. The number of amides is 1. The van der Waals surface area contributed by atoms with E-state index >= 15 is 0 Å². The number of rotatable bonds is 7. The Hall–Kier alpha value is -4.14. The van der Waals surface area contributed by atoms with Crippen molar-refractivity contribution in [1.29, 1.82) is 0 Å². The fourth-order valence-corrected chi connectivity index (χ4v) is 5.41. The number of anilines is 1. The monoisotopic (exact) mass is 532 g/mol. The Bertz CT molecular complexity index is 1540. The van der Waals surface area contributed by atoms with Gasteiger partial charge in [0.05, 0.1) is 28.9 Å². The summed E-state index contributed by atoms with van der Waals surface area (Å²) in [7, 11) is 1.54. The van der Waals surface area contributed by atoms with Gasteiger partial charge in [-0.05, 0) is 60.2 Å². The van der Waals surface area contributed by atoms with Gasteiger partial charge in [-0.2, -0.15) is 0 Å². The number of aromatic nitrogens is 1. The van der Waals surface area contributed by atoms with Gasteiger partial charge in [-0.25, -0.2) is 4.98 Å².